The number of benzene rings is 1. The lowest BCUT2D eigenvalue weighted by atomic mass is 10.1. The largest absolute Gasteiger partial charge is 0.350 e. The monoisotopic (exact) mass is 368 g/mol. The van der Waals surface area contributed by atoms with Crippen molar-refractivity contribution in [1.29, 1.82) is 0 Å². The van der Waals surface area contributed by atoms with Gasteiger partial charge in [-0.05, 0) is 51.5 Å². The Bertz CT molecular complexity index is 869. The lowest BCUT2D eigenvalue weighted by Crippen LogP contribution is -2.34. The zero-order valence-electron chi connectivity index (χ0n) is 15.6. The first-order valence-electron chi connectivity index (χ1n) is 8.58. The van der Waals surface area contributed by atoms with Crippen molar-refractivity contribution in [2.75, 3.05) is 20.6 Å². The first-order chi connectivity index (χ1) is 12.5. The van der Waals surface area contributed by atoms with E-state index >= 15 is 0 Å². The second-order valence-corrected chi connectivity index (χ2v) is 7.48. The first kappa shape index (κ1) is 18.4. The Hall–Kier alpha value is -2.44. The van der Waals surface area contributed by atoms with Gasteiger partial charge in [-0.1, -0.05) is 24.3 Å². The molecule has 136 valence electrons. The number of nitrogens with zero attached hydrogens (tertiary/aromatic N) is 3. The molecule has 0 aliphatic rings. The minimum Gasteiger partial charge on any atom is -0.350 e. The lowest BCUT2D eigenvalue weighted by Gasteiger charge is -2.23. The summed E-state index contributed by atoms with van der Waals surface area (Å²) in [5.41, 5.74) is 3.19. The van der Waals surface area contributed by atoms with Crippen LogP contribution in [0.4, 0.5) is 0 Å². The number of aromatic nitrogens is 2. The molecule has 1 aromatic carbocycles. The van der Waals surface area contributed by atoms with E-state index in [1.165, 1.54) is 4.88 Å². The van der Waals surface area contributed by atoms with Gasteiger partial charge in [-0.15, -0.1) is 11.3 Å². The first-order valence-corrected chi connectivity index (χ1v) is 9.46. The van der Waals surface area contributed by atoms with E-state index in [1.807, 2.05) is 69.0 Å². The van der Waals surface area contributed by atoms with Gasteiger partial charge in [0.15, 0.2) is 0 Å². The highest BCUT2D eigenvalue weighted by molar-refractivity contribution is 7.10. The molecule has 0 saturated carbocycles. The summed E-state index contributed by atoms with van der Waals surface area (Å²) >= 11 is 1.71. The third-order valence-electron chi connectivity index (χ3n) is 4.47. The van der Waals surface area contributed by atoms with E-state index in [2.05, 4.69) is 26.8 Å². The molecule has 0 radical (unpaired) electrons. The molecule has 3 aromatic rings. The summed E-state index contributed by atoms with van der Waals surface area (Å²) in [6, 6.07) is 14.2. The number of rotatable bonds is 6. The summed E-state index contributed by atoms with van der Waals surface area (Å²) in [5.74, 6) is -0.0782. The molecular weight excluding hydrogens is 344 g/mol. The van der Waals surface area contributed by atoms with Crippen LogP contribution in [-0.4, -0.2) is 41.2 Å². The van der Waals surface area contributed by atoms with Gasteiger partial charge >= 0.3 is 0 Å². The molecular formula is C20H24N4OS. The van der Waals surface area contributed by atoms with E-state index in [0.717, 1.165) is 17.1 Å². The predicted octanol–water partition coefficient (Wildman–Crippen LogP) is 3.58. The standard InChI is InChI=1S/C20H24N4OS/c1-14-19(15(2)24(22-14)16-9-6-5-7-10-16)20(25)21-13-17(23(3)4)18-11-8-12-26-18/h5-12,17H,13H2,1-4H3,(H,21,25)/t17-/m0/s1. The summed E-state index contributed by atoms with van der Waals surface area (Å²) in [4.78, 5) is 16.2. The van der Waals surface area contributed by atoms with Gasteiger partial charge in [0.2, 0.25) is 0 Å². The molecule has 5 nitrogen and oxygen atoms in total. The Balaban J connectivity index is 1.79. The normalized spacial score (nSPS) is 12.3. The number of hydrogen-bond acceptors (Lipinski definition) is 4. The molecule has 2 heterocycles. The Labute approximate surface area is 158 Å². The molecule has 0 bridgehead atoms. The number of amides is 1. The van der Waals surface area contributed by atoms with Gasteiger partial charge in [0.05, 0.1) is 28.7 Å². The number of carbonyl (C=O) groups excluding carboxylic acids is 1. The van der Waals surface area contributed by atoms with Crippen molar-refractivity contribution in [3.63, 3.8) is 0 Å². The van der Waals surface area contributed by atoms with Crippen LogP contribution in [0.5, 0.6) is 0 Å². The third kappa shape index (κ3) is 3.71. The van der Waals surface area contributed by atoms with Crippen LogP contribution in [0.15, 0.2) is 47.8 Å². The Morgan fingerprint density at radius 1 is 1.19 bits per heavy atom. The van der Waals surface area contributed by atoms with Gasteiger partial charge in [-0.2, -0.15) is 5.10 Å². The quantitative estimate of drug-likeness (QED) is 0.723. The maximum absolute atomic E-state index is 12.8. The Morgan fingerprint density at radius 2 is 1.92 bits per heavy atom. The van der Waals surface area contributed by atoms with Crippen LogP contribution in [0.1, 0.15) is 32.7 Å². The van der Waals surface area contributed by atoms with Crippen molar-refractivity contribution in [2.24, 2.45) is 0 Å². The number of likely N-dealkylation sites (N-methyl/N-ethyl adjacent to an activating group) is 1. The number of nitrogens with one attached hydrogen (secondary N) is 1. The second-order valence-electron chi connectivity index (χ2n) is 6.50. The number of aryl methyl sites for hydroxylation is 1. The molecule has 0 aliphatic heterocycles. The van der Waals surface area contributed by atoms with Crippen LogP contribution in [0, 0.1) is 13.8 Å². The summed E-state index contributed by atoms with van der Waals surface area (Å²) in [6.45, 7) is 4.37. The molecule has 1 atom stereocenters. The van der Waals surface area contributed by atoms with Crippen LogP contribution in [-0.2, 0) is 0 Å². The zero-order chi connectivity index (χ0) is 18.7. The topological polar surface area (TPSA) is 50.2 Å². The lowest BCUT2D eigenvalue weighted by molar-refractivity contribution is 0.0941. The fraction of sp³-hybridized carbons (Fsp3) is 0.300. The maximum Gasteiger partial charge on any atom is 0.255 e. The highest BCUT2D eigenvalue weighted by Gasteiger charge is 2.21. The number of hydrogen-bond donors (Lipinski definition) is 1. The maximum atomic E-state index is 12.8. The van der Waals surface area contributed by atoms with Crippen molar-refractivity contribution in [3.05, 3.63) is 69.7 Å². The van der Waals surface area contributed by atoms with Gasteiger partial charge in [0.25, 0.3) is 5.91 Å². The number of carbonyl (C=O) groups is 1. The Kier molecular flexibility index (Phi) is 5.54. The van der Waals surface area contributed by atoms with E-state index in [-0.39, 0.29) is 11.9 Å². The van der Waals surface area contributed by atoms with Crippen LogP contribution < -0.4 is 5.32 Å². The molecule has 0 saturated heterocycles. The van der Waals surface area contributed by atoms with E-state index < -0.39 is 0 Å². The van der Waals surface area contributed by atoms with Crippen molar-refractivity contribution in [2.45, 2.75) is 19.9 Å². The van der Waals surface area contributed by atoms with Crippen LogP contribution in [0.3, 0.4) is 0 Å². The van der Waals surface area contributed by atoms with E-state index in [9.17, 15) is 4.79 Å². The van der Waals surface area contributed by atoms with E-state index in [0.29, 0.717) is 12.1 Å². The highest BCUT2D eigenvalue weighted by atomic mass is 32.1. The van der Waals surface area contributed by atoms with Gasteiger partial charge in [0.1, 0.15) is 0 Å². The van der Waals surface area contributed by atoms with Crippen molar-refractivity contribution >= 4 is 17.2 Å². The number of para-hydroxylation sites is 1. The average molecular weight is 369 g/mol. The molecule has 2 aromatic heterocycles. The summed E-state index contributed by atoms with van der Waals surface area (Å²) < 4.78 is 1.83. The molecule has 0 unspecified atom stereocenters. The second kappa shape index (κ2) is 7.85. The summed E-state index contributed by atoms with van der Waals surface area (Å²) in [7, 11) is 4.06. The van der Waals surface area contributed by atoms with Crippen LogP contribution in [0.25, 0.3) is 5.69 Å². The Morgan fingerprint density at radius 3 is 2.54 bits per heavy atom. The van der Waals surface area contributed by atoms with E-state index in [4.69, 9.17) is 0 Å². The summed E-state index contributed by atoms with van der Waals surface area (Å²) in [5, 5.41) is 9.71. The van der Waals surface area contributed by atoms with Crippen LogP contribution >= 0.6 is 11.3 Å². The molecule has 0 aliphatic carbocycles. The van der Waals surface area contributed by atoms with Gasteiger partial charge < -0.3 is 10.2 Å². The fourth-order valence-corrected chi connectivity index (χ4v) is 4.01. The fourth-order valence-electron chi connectivity index (χ4n) is 3.09. The van der Waals surface area contributed by atoms with Crippen molar-refractivity contribution in [3.8, 4) is 5.69 Å². The van der Waals surface area contributed by atoms with Gasteiger partial charge in [-0.3, -0.25) is 4.79 Å². The zero-order valence-corrected chi connectivity index (χ0v) is 16.4. The summed E-state index contributed by atoms with van der Waals surface area (Å²) in [6.07, 6.45) is 0. The average Bonchev–Trinajstić information content (AvgIpc) is 3.24. The predicted molar refractivity (Wildman–Crippen MR) is 106 cm³/mol. The molecule has 6 heteroatoms. The highest BCUT2D eigenvalue weighted by Crippen LogP contribution is 2.23. The van der Waals surface area contributed by atoms with E-state index in [1.54, 1.807) is 11.3 Å². The third-order valence-corrected chi connectivity index (χ3v) is 5.44. The minimum absolute atomic E-state index is 0.0782. The molecule has 1 amide bonds. The van der Waals surface area contributed by atoms with Crippen LogP contribution in [0.2, 0.25) is 0 Å². The van der Waals surface area contributed by atoms with Crippen molar-refractivity contribution in [1.82, 2.24) is 20.0 Å². The van der Waals surface area contributed by atoms with Crippen molar-refractivity contribution < 1.29 is 4.79 Å². The smallest absolute Gasteiger partial charge is 0.255 e. The molecule has 0 spiro atoms. The molecule has 26 heavy (non-hydrogen) atoms. The van der Waals surface area contributed by atoms with Gasteiger partial charge in [0, 0.05) is 11.4 Å². The van der Waals surface area contributed by atoms with Gasteiger partial charge in [-0.25, -0.2) is 4.68 Å². The minimum atomic E-state index is -0.0782. The molecule has 1 N–H and O–H groups in total. The molecule has 0 fully saturated rings. The number of thiophene rings is 1. The SMILES string of the molecule is Cc1nn(-c2ccccc2)c(C)c1C(=O)NC[C@@H](c1cccs1)N(C)C. The molecule has 3 rings (SSSR count).